The van der Waals surface area contributed by atoms with Gasteiger partial charge < -0.3 is 5.11 Å². The van der Waals surface area contributed by atoms with Crippen LogP contribution < -0.4 is 0 Å². The number of benzene rings is 1. The Labute approximate surface area is 114 Å². The normalized spacial score (nSPS) is 11.2. The Morgan fingerprint density at radius 1 is 1.18 bits per heavy atom. The Bertz CT molecular complexity index is 421. The molecule has 0 heterocycles. The number of hydrogen-bond acceptors (Lipinski definition) is 2. The van der Waals surface area contributed by atoms with Crippen LogP contribution in [-0.2, 0) is 4.79 Å². The van der Waals surface area contributed by atoms with Gasteiger partial charge in [-0.1, -0.05) is 26.0 Å². The van der Waals surface area contributed by atoms with E-state index in [1.54, 1.807) is 26.0 Å². The lowest BCUT2D eigenvalue weighted by molar-refractivity contribution is -0.139. The van der Waals surface area contributed by atoms with Crippen molar-refractivity contribution in [2.24, 2.45) is 5.41 Å². The predicted molar refractivity (Wildman–Crippen MR) is 74.1 cm³/mol. The first-order valence-electron chi connectivity index (χ1n) is 5.31. The molecule has 4 heteroatoms. The third kappa shape index (κ3) is 4.85. The molecule has 0 spiro atoms. The van der Waals surface area contributed by atoms with E-state index in [1.807, 2.05) is 12.1 Å². The zero-order valence-electron chi connectivity index (χ0n) is 9.87. The van der Waals surface area contributed by atoms with Crippen LogP contribution in [0.3, 0.4) is 0 Å². The number of ketones is 1. The summed E-state index contributed by atoms with van der Waals surface area (Å²) in [5.41, 5.74) is 0.134. The number of carbonyl (C=O) groups is 2. The fourth-order valence-corrected chi connectivity index (χ4v) is 2.00. The van der Waals surface area contributed by atoms with E-state index in [1.165, 1.54) is 0 Å². The Hall–Kier alpha value is -0.910. The molecule has 0 aliphatic rings. The Kier molecular flexibility index (Phi) is 4.68. The van der Waals surface area contributed by atoms with Crippen molar-refractivity contribution in [3.8, 4) is 0 Å². The SMILES string of the molecule is CC(C)(CC(=O)O)CC(=O)c1ccc(I)cc1. The maximum absolute atomic E-state index is 12.0. The zero-order valence-corrected chi connectivity index (χ0v) is 12.0. The van der Waals surface area contributed by atoms with Crippen molar-refractivity contribution in [1.82, 2.24) is 0 Å². The van der Waals surface area contributed by atoms with Crippen molar-refractivity contribution in [3.05, 3.63) is 33.4 Å². The molecule has 3 nitrogen and oxygen atoms in total. The highest BCUT2D eigenvalue weighted by molar-refractivity contribution is 14.1. The minimum atomic E-state index is -0.870. The lowest BCUT2D eigenvalue weighted by atomic mass is 9.82. The summed E-state index contributed by atoms with van der Waals surface area (Å²) >= 11 is 2.18. The molecule has 0 aliphatic heterocycles. The van der Waals surface area contributed by atoms with E-state index in [0.717, 1.165) is 3.57 Å². The summed E-state index contributed by atoms with van der Waals surface area (Å²) < 4.78 is 1.07. The third-order valence-corrected chi connectivity index (χ3v) is 3.15. The van der Waals surface area contributed by atoms with Crippen LogP contribution in [0.25, 0.3) is 0 Å². The van der Waals surface area contributed by atoms with Gasteiger partial charge in [-0.05, 0) is 40.1 Å². The number of rotatable bonds is 5. The van der Waals surface area contributed by atoms with Gasteiger partial charge in [0.25, 0.3) is 0 Å². The number of hydrogen-bond donors (Lipinski definition) is 1. The van der Waals surface area contributed by atoms with Crippen molar-refractivity contribution in [2.75, 3.05) is 0 Å². The molecule has 0 unspecified atom stereocenters. The molecule has 1 N–H and O–H groups in total. The maximum atomic E-state index is 12.0. The fourth-order valence-electron chi connectivity index (χ4n) is 1.64. The molecule has 0 aliphatic carbocycles. The Morgan fingerprint density at radius 2 is 1.71 bits per heavy atom. The van der Waals surface area contributed by atoms with E-state index in [9.17, 15) is 9.59 Å². The van der Waals surface area contributed by atoms with E-state index in [2.05, 4.69) is 22.6 Å². The van der Waals surface area contributed by atoms with Crippen molar-refractivity contribution >= 4 is 34.3 Å². The van der Waals surface area contributed by atoms with Gasteiger partial charge in [-0.3, -0.25) is 9.59 Å². The third-order valence-electron chi connectivity index (χ3n) is 2.44. The standard InChI is InChI=1S/C13H15IO3/c1-13(2,8-12(16)17)7-11(15)9-3-5-10(14)6-4-9/h3-6H,7-8H2,1-2H3,(H,16,17). The predicted octanol–water partition coefficient (Wildman–Crippen LogP) is 3.36. The average Bonchev–Trinajstić information content (AvgIpc) is 2.15. The van der Waals surface area contributed by atoms with E-state index in [-0.39, 0.29) is 18.6 Å². The van der Waals surface area contributed by atoms with Gasteiger partial charge in [0.05, 0.1) is 6.42 Å². The van der Waals surface area contributed by atoms with E-state index in [0.29, 0.717) is 5.56 Å². The van der Waals surface area contributed by atoms with Gasteiger partial charge in [0.15, 0.2) is 5.78 Å². The molecule has 1 aromatic rings. The minimum Gasteiger partial charge on any atom is -0.481 e. The second-order valence-corrected chi connectivity index (χ2v) is 6.09. The van der Waals surface area contributed by atoms with Crippen LogP contribution in [-0.4, -0.2) is 16.9 Å². The highest BCUT2D eigenvalue weighted by atomic mass is 127. The monoisotopic (exact) mass is 346 g/mol. The first-order valence-corrected chi connectivity index (χ1v) is 6.39. The van der Waals surface area contributed by atoms with Crippen LogP contribution in [0.1, 0.15) is 37.0 Å². The summed E-state index contributed by atoms with van der Waals surface area (Å²) in [6.45, 7) is 3.59. The van der Waals surface area contributed by atoms with Crippen LogP contribution in [0.4, 0.5) is 0 Å². The van der Waals surface area contributed by atoms with Crippen molar-refractivity contribution < 1.29 is 14.7 Å². The van der Waals surface area contributed by atoms with Crippen molar-refractivity contribution in [1.29, 1.82) is 0 Å². The average molecular weight is 346 g/mol. The quantitative estimate of drug-likeness (QED) is 0.657. The first kappa shape index (κ1) is 14.2. The lowest BCUT2D eigenvalue weighted by Gasteiger charge is -2.21. The van der Waals surface area contributed by atoms with Crippen LogP contribution in [0.2, 0.25) is 0 Å². The second-order valence-electron chi connectivity index (χ2n) is 4.84. The summed E-state index contributed by atoms with van der Waals surface area (Å²) in [4.78, 5) is 22.6. The van der Waals surface area contributed by atoms with Crippen LogP contribution >= 0.6 is 22.6 Å². The smallest absolute Gasteiger partial charge is 0.303 e. The van der Waals surface area contributed by atoms with Crippen LogP contribution in [0.5, 0.6) is 0 Å². The van der Waals surface area contributed by atoms with Gasteiger partial charge >= 0.3 is 5.97 Å². The minimum absolute atomic E-state index is 0.00308. The number of carboxylic acid groups (broad SMARTS) is 1. The van der Waals surface area contributed by atoms with Crippen molar-refractivity contribution in [2.45, 2.75) is 26.7 Å². The fraction of sp³-hybridized carbons (Fsp3) is 0.385. The van der Waals surface area contributed by atoms with Gasteiger partial charge in [0.2, 0.25) is 0 Å². The van der Waals surface area contributed by atoms with Gasteiger partial charge in [-0.25, -0.2) is 0 Å². The summed E-state index contributed by atoms with van der Waals surface area (Å²) in [6.07, 6.45) is 0.253. The molecule has 1 rings (SSSR count). The number of Topliss-reactive ketones (excluding diaryl/α,β-unsaturated/α-hetero) is 1. The summed E-state index contributed by atoms with van der Waals surface area (Å²) in [7, 11) is 0. The molecule has 17 heavy (non-hydrogen) atoms. The zero-order chi connectivity index (χ0) is 13.1. The molecule has 0 amide bonds. The van der Waals surface area contributed by atoms with E-state index >= 15 is 0 Å². The van der Waals surface area contributed by atoms with E-state index < -0.39 is 11.4 Å². The van der Waals surface area contributed by atoms with Gasteiger partial charge in [-0.15, -0.1) is 0 Å². The van der Waals surface area contributed by atoms with Crippen LogP contribution in [0.15, 0.2) is 24.3 Å². The number of carboxylic acids is 1. The summed E-state index contributed by atoms with van der Waals surface area (Å²) in [6, 6.07) is 7.30. The Balaban J connectivity index is 2.72. The number of carbonyl (C=O) groups excluding carboxylic acids is 1. The second kappa shape index (κ2) is 5.62. The molecule has 0 radical (unpaired) electrons. The molecule has 0 saturated heterocycles. The molecule has 0 atom stereocenters. The lowest BCUT2D eigenvalue weighted by Crippen LogP contribution is -2.21. The van der Waals surface area contributed by atoms with Gasteiger partial charge in [0, 0.05) is 15.6 Å². The van der Waals surface area contributed by atoms with Gasteiger partial charge in [-0.2, -0.15) is 0 Å². The molecule has 0 bridgehead atoms. The molecule has 0 aromatic heterocycles. The number of aliphatic carboxylic acids is 1. The molecule has 92 valence electrons. The summed E-state index contributed by atoms with van der Waals surface area (Å²) in [5.74, 6) is -0.877. The molecule has 0 fully saturated rings. The number of halogens is 1. The first-order chi connectivity index (χ1) is 7.80. The maximum Gasteiger partial charge on any atom is 0.303 e. The molecule has 0 saturated carbocycles. The highest BCUT2D eigenvalue weighted by Gasteiger charge is 2.25. The highest BCUT2D eigenvalue weighted by Crippen LogP contribution is 2.27. The molecule has 1 aromatic carbocycles. The van der Waals surface area contributed by atoms with E-state index in [4.69, 9.17) is 5.11 Å². The molecular formula is C13H15IO3. The van der Waals surface area contributed by atoms with Crippen molar-refractivity contribution in [3.63, 3.8) is 0 Å². The Morgan fingerprint density at radius 3 is 2.18 bits per heavy atom. The molecular weight excluding hydrogens is 331 g/mol. The summed E-state index contributed by atoms with van der Waals surface area (Å²) in [5, 5.41) is 8.76. The topological polar surface area (TPSA) is 54.4 Å². The van der Waals surface area contributed by atoms with Gasteiger partial charge in [0.1, 0.15) is 0 Å². The van der Waals surface area contributed by atoms with Crippen LogP contribution in [0, 0.1) is 8.99 Å². The largest absolute Gasteiger partial charge is 0.481 e.